The molecule has 40 heavy (non-hydrogen) atoms. The number of anilines is 1. The fraction of sp³-hybridized carbons (Fsp3) is 0.292. The molecule has 2 aliphatic rings. The zero-order valence-electron chi connectivity index (χ0n) is 21.1. The molecule has 1 saturated heterocycles. The number of hydrogen-bond donors (Lipinski definition) is 4. The summed E-state index contributed by atoms with van der Waals surface area (Å²) >= 11 is 2.32. The molecule has 5 heterocycles. The number of nitrogens with zero attached hydrogens (tertiary/aromatic N) is 4. The Bertz CT molecular complexity index is 1610. The molecule has 0 spiro atoms. The van der Waals surface area contributed by atoms with Gasteiger partial charge in [0.2, 0.25) is 11.1 Å². The van der Waals surface area contributed by atoms with Crippen LogP contribution >= 0.6 is 23.1 Å². The molecule has 208 valence electrons. The Morgan fingerprint density at radius 2 is 2.17 bits per heavy atom. The third kappa shape index (κ3) is 4.86. The molecule has 0 bridgehead atoms. The number of thiazole rings is 1. The number of hydrogen-bond acceptors (Lipinski definition) is 11. The quantitative estimate of drug-likeness (QED) is 0.104. The molecule has 0 aliphatic carbocycles. The molecule has 0 saturated carbocycles. The van der Waals surface area contributed by atoms with Gasteiger partial charge in [-0.2, -0.15) is 5.10 Å². The van der Waals surface area contributed by atoms with Crippen molar-refractivity contribution in [1.29, 1.82) is 0 Å². The second-order valence-electron chi connectivity index (χ2n) is 9.45. The van der Waals surface area contributed by atoms with Crippen molar-refractivity contribution in [3.8, 4) is 0 Å². The van der Waals surface area contributed by atoms with Gasteiger partial charge in [0, 0.05) is 29.7 Å². The molecule has 16 heteroatoms. The van der Waals surface area contributed by atoms with E-state index in [9.17, 15) is 29.4 Å². The summed E-state index contributed by atoms with van der Waals surface area (Å²) in [6.45, 7) is 2.49. The molecule has 1 fully saturated rings. The summed E-state index contributed by atoms with van der Waals surface area (Å²) in [5.41, 5.74) is 5.56. The minimum absolute atomic E-state index is 0.0234. The lowest BCUT2D eigenvalue weighted by Crippen LogP contribution is -2.71. The summed E-state index contributed by atoms with van der Waals surface area (Å²) in [6, 6.07) is 4.53. The van der Waals surface area contributed by atoms with Crippen LogP contribution in [0.25, 0.3) is 5.52 Å². The van der Waals surface area contributed by atoms with E-state index in [-0.39, 0.29) is 34.4 Å². The number of carbonyl (C=O) groups excluding carboxylic acids is 3. The maximum atomic E-state index is 13.2. The second kappa shape index (κ2) is 10.3. The van der Waals surface area contributed by atoms with Crippen LogP contribution in [0, 0.1) is 0 Å². The summed E-state index contributed by atoms with van der Waals surface area (Å²) < 4.78 is 1.80. The van der Waals surface area contributed by atoms with Crippen LogP contribution in [0.1, 0.15) is 25.1 Å². The average Bonchev–Trinajstić information content (AvgIpc) is 3.53. The maximum absolute atomic E-state index is 13.2. The number of H-pyrrole nitrogens is 1. The molecule has 2 aliphatic heterocycles. The molecule has 0 radical (unpaired) electrons. The number of aromatic amines is 1. The average molecular weight is 586 g/mol. The lowest BCUT2D eigenvalue weighted by molar-refractivity contribution is -0.576. The normalized spacial score (nSPS) is 19.3. The fourth-order valence-electron chi connectivity index (χ4n) is 4.23. The lowest BCUT2D eigenvalue weighted by atomic mass is 9.99. The number of oxime groups is 1. The number of aromatic nitrogens is 3. The second-order valence-corrected chi connectivity index (χ2v) is 11.4. The summed E-state index contributed by atoms with van der Waals surface area (Å²) in [4.78, 5) is 60.2. The molecule has 0 aromatic carbocycles. The number of rotatable bonds is 9. The van der Waals surface area contributed by atoms with Gasteiger partial charge in [-0.3, -0.25) is 14.5 Å². The third-order valence-corrected chi connectivity index (χ3v) is 8.37. The number of carbonyl (C=O) groups is 4. The SMILES string of the molecule is CC(C)(O/N=C(\C(=O)N[C@@H]1C(=O)N2C(C(=O)[O-])=C(Cc3c[nH][n+]4ccccc34)CS[C@H]12)c1csc(N)n1)C(=O)O. The van der Waals surface area contributed by atoms with Gasteiger partial charge in [-0.1, -0.05) is 9.67 Å². The van der Waals surface area contributed by atoms with Gasteiger partial charge in [0.15, 0.2) is 17.0 Å². The Morgan fingerprint density at radius 3 is 2.85 bits per heavy atom. The Balaban J connectivity index is 1.37. The molecule has 3 aromatic heterocycles. The predicted molar refractivity (Wildman–Crippen MR) is 141 cm³/mol. The van der Waals surface area contributed by atoms with E-state index < -0.39 is 40.8 Å². The summed E-state index contributed by atoms with van der Waals surface area (Å²) in [7, 11) is 0. The van der Waals surface area contributed by atoms with Crippen LogP contribution in [0.2, 0.25) is 0 Å². The van der Waals surface area contributed by atoms with Crippen molar-refractivity contribution in [3.63, 3.8) is 0 Å². The van der Waals surface area contributed by atoms with Crippen LogP contribution < -0.4 is 20.7 Å². The van der Waals surface area contributed by atoms with Gasteiger partial charge in [0.25, 0.3) is 11.8 Å². The van der Waals surface area contributed by atoms with E-state index >= 15 is 0 Å². The highest BCUT2D eigenvalue weighted by Crippen LogP contribution is 2.41. The van der Waals surface area contributed by atoms with E-state index in [0.29, 0.717) is 5.57 Å². The van der Waals surface area contributed by atoms with Crippen molar-refractivity contribution in [2.75, 3.05) is 11.5 Å². The Labute approximate surface area is 234 Å². The van der Waals surface area contributed by atoms with Gasteiger partial charge in [-0.15, -0.1) is 23.1 Å². The van der Waals surface area contributed by atoms with E-state index in [2.05, 4.69) is 20.6 Å². The topological polar surface area (TPSA) is 207 Å². The van der Waals surface area contributed by atoms with Gasteiger partial charge >= 0.3 is 5.97 Å². The predicted octanol–water partition coefficient (Wildman–Crippen LogP) is -0.977. The van der Waals surface area contributed by atoms with Crippen LogP contribution in [0.4, 0.5) is 5.13 Å². The zero-order valence-corrected chi connectivity index (χ0v) is 22.7. The first-order chi connectivity index (χ1) is 19.0. The van der Waals surface area contributed by atoms with Crippen molar-refractivity contribution < 1.29 is 38.7 Å². The number of carboxylic acids is 2. The van der Waals surface area contributed by atoms with Crippen LogP contribution in [0.5, 0.6) is 0 Å². The Morgan fingerprint density at radius 1 is 1.40 bits per heavy atom. The van der Waals surface area contributed by atoms with Crippen molar-refractivity contribution in [2.24, 2.45) is 5.16 Å². The third-order valence-electron chi connectivity index (χ3n) is 6.36. The Kier molecular flexibility index (Phi) is 6.97. The number of pyridine rings is 1. The zero-order chi connectivity index (χ0) is 28.8. The van der Waals surface area contributed by atoms with Gasteiger partial charge in [0.05, 0.1) is 23.4 Å². The van der Waals surface area contributed by atoms with E-state index in [4.69, 9.17) is 10.6 Å². The van der Waals surface area contributed by atoms with Crippen molar-refractivity contribution in [1.82, 2.24) is 20.3 Å². The number of amides is 2. The van der Waals surface area contributed by atoms with Crippen LogP contribution in [-0.4, -0.2) is 72.3 Å². The molecular formula is C24H23N7O7S2. The first-order valence-corrected chi connectivity index (χ1v) is 13.8. The monoisotopic (exact) mass is 585 g/mol. The minimum atomic E-state index is -1.76. The highest BCUT2D eigenvalue weighted by Gasteiger charge is 2.53. The minimum Gasteiger partial charge on any atom is -0.543 e. The summed E-state index contributed by atoms with van der Waals surface area (Å²) in [5.74, 6) is -4.03. The molecule has 2 atom stereocenters. The highest BCUT2D eigenvalue weighted by molar-refractivity contribution is 8.00. The van der Waals surface area contributed by atoms with Crippen LogP contribution in [0.3, 0.4) is 0 Å². The number of nitrogens with two attached hydrogens (primary N) is 1. The van der Waals surface area contributed by atoms with Gasteiger partial charge in [-0.05, 0) is 25.5 Å². The lowest BCUT2D eigenvalue weighted by Gasteiger charge is -2.50. The first kappa shape index (κ1) is 27.1. The number of aliphatic carboxylic acids is 2. The fourth-order valence-corrected chi connectivity index (χ4v) is 6.12. The smallest absolute Gasteiger partial charge is 0.350 e. The number of thioether (sulfide) groups is 1. The first-order valence-electron chi connectivity index (χ1n) is 11.8. The van der Waals surface area contributed by atoms with Crippen LogP contribution in [-0.2, 0) is 30.4 Å². The molecule has 2 amide bonds. The number of nitrogens with one attached hydrogen (secondary N) is 2. The van der Waals surface area contributed by atoms with E-state index in [1.807, 2.05) is 24.4 Å². The van der Waals surface area contributed by atoms with Gasteiger partial charge < -0.3 is 30.9 Å². The number of carboxylic acid groups (broad SMARTS) is 2. The van der Waals surface area contributed by atoms with Gasteiger partial charge in [0.1, 0.15) is 17.1 Å². The molecule has 5 N–H and O–H groups in total. The summed E-state index contributed by atoms with van der Waals surface area (Å²) in [5, 5.41) is 31.7. The Hall–Kier alpha value is -4.44. The van der Waals surface area contributed by atoms with Crippen molar-refractivity contribution in [2.45, 2.75) is 37.3 Å². The highest BCUT2D eigenvalue weighted by atomic mass is 32.2. The molecule has 3 aromatic rings. The molecule has 0 unspecified atom stereocenters. The van der Waals surface area contributed by atoms with Crippen LogP contribution in [0.15, 0.2) is 52.4 Å². The van der Waals surface area contributed by atoms with Gasteiger partial charge in [-0.25, -0.2) is 9.78 Å². The number of β-lactam (4-membered cyclic amide) rings is 1. The van der Waals surface area contributed by atoms with Crippen molar-refractivity contribution in [3.05, 3.63) is 58.5 Å². The standard InChI is InChI=1S/C24H23N7O7S2/c1-24(2,22(36)37)38-29-15(13-10-40-23(25)27-13)18(32)28-16-19(33)31-17(21(34)35)12(9-39-20(16)31)7-11-8-26-30-6-4-3-5-14(11)30/h3-6,8,10,16,20H,7,9H2,1-2H3,(H5,25,27,28,32,34,35,36,37)/b29-15-/t16-,20-/m1/s1. The van der Waals surface area contributed by atoms with E-state index in [1.165, 1.54) is 31.0 Å². The number of nitrogen functional groups attached to an aromatic ring is 1. The number of fused-ring (bicyclic) bond motifs is 2. The van der Waals surface area contributed by atoms with E-state index in [1.54, 1.807) is 10.7 Å². The van der Waals surface area contributed by atoms with Crippen molar-refractivity contribution >= 4 is 63.2 Å². The molecule has 14 nitrogen and oxygen atoms in total. The van der Waals surface area contributed by atoms with E-state index in [0.717, 1.165) is 27.3 Å². The largest absolute Gasteiger partial charge is 0.543 e. The maximum Gasteiger partial charge on any atom is 0.350 e. The molecular weight excluding hydrogens is 562 g/mol. The molecule has 5 rings (SSSR count). The summed E-state index contributed by atoms with van der Waals surface area (Å²) in [6.07, 6.45) is 3.88.